The average molecular weight is 297 g/mol. The molecule has 1 aliphatic heterocycles. The van der Waals surface area contributed by atoms with Crippen molar-refractivity contribution in [3.05, 3.63) is 29.8 Å². The SMILES string of the molecule is CCCN1CCC(O)(c2cccc(S(C)(=O)=O)c2)CC1. The summed E-state index contributed by atoms with van der Waals surface area (Å²) in [5, 5.41) is 10.8. The van der Waals surface area contributed by atoms with Crippen LogP contribution in [0.1, 0.15) is 31.7 Å². The number of nitrogens with zero attached hydrogens (tertiary/aromatic N) is 1. The standard InChI is InChI=1S/C15H23NO3S/c1-3-9-16-10-7-15(17,8-11-16)13-5-4-6-14(12-13)20(2,18)19/h4-6,12,17H,3,7-11H2,1-2H3. The predicted octanol–water partition coefficient (Wildman–Crippen LogP) is 1.78. The molecule has 0 saturated carbocycles. The molecule has 0 spiro atoms. The van der Waals surface area contributed by atoms with Gasteiger partial charge in [0.1, 0.15) is 0 Å². The van der Waals surface area contributed by atoms with Crippen LogP contribution < -0.4 is 0 Å². The monoisotopic (exact) mass is 297 g/mol. The van der Waals surface area contributed by atoms with E-state index in [9.17, 15) is 13.5 Å². The van der Waals surface area contributed by atoms with Gasteiger partial charge in [-0.2, -0.15) is 0 Å². The van der Waals surface area contributed by atoms with Gasteiger partial charge in [-0.3, -0.25) is 0 Å². The first-order chi connectivity index (χ1) is 9.35. The first kappa shape index (κ1) is 15.5. The Kier molecular flexibility index (Phi) is 4.52. The van der Waals surface area contributed by atoms with Crippen LogP contribution in [-0.4, -0.2) is 44.3 Å². The Morgan fingerprint density at radius 1 is 1.30 bits per heavy atom. The molecule has 1 saturated heterocycles. The van der Waals surface area contributed by atoms with Crippen LogP contribution in [-0.2, 0) is 15.4 Å². The zero-order valence-electron chi connectivity index (χ0n) is 12.2. The molecule has 0 aliphatic carbocycles. The van der Waals surface area contributed by atoms with Crippen molar-refractivity contribution in [1.82, 2.24) is 4.90 Å². The van der Waals surface area contributed by atoms with Gasteiger partial charge >= 0.3 is 0 Å². The molecule has 4 nitrogen and oxygen atoms in total. The lowest BCUT2D eigenvalue weighted by atomic mass is 9.84. The summed E-state index contributed by atoms with van der Waals surface area (Å²) >= 11 is 0. The van der Waals surface area contributed by atoms with Crippen molar-refractivity contribution in [3.8, 4) is 0 Å². The Balaban J connectivity index is 2.20. The minimum absolute atomic E-state index is 0.277. The van der Waals surface area contributed by atoms with E-state index in [1.165, 1.54) is 6.26 Å². The molecule has 2 rings (SSSR count). The second-order valence-electron chi connectivity index (χ2n) is 5.67. The van der Waals surface area contributed by atoms with Gasteiger partial charge < -0.3 is 10.0 Å². The maximum absolute atomic E-state index is 11.6. The quantitative estimate of drug-likeness (QED) is 0.920. The van der Waals surface area contributed by atoms with Crippen molar-refractivity contribution in [2.24, 2.45) is 0 Å². The third-order valence-corrected chi connectivity index (χ3v) is 5.13. The van der Waals surface area contributed by atoms with Gasteiger partial charge in [0.25, 0.3) is 0 Å². The minimum Gasteiger partial charge on any atom is -0.385 e. The van der Waals surface area contributed by atoms with Gasteiger partial charge in [0.2, 0.25) is 0 Å². The highest BCUT2D eigenvalue weighted by Gasteiger charge is 2.34. The van der Waals surface area contributed by atoms with Crippen LogP contribution in [0.25, 0.3) is 0 Å². The molecule has 1 heterocycles. The molecule has 1 aromatic carbocycles. The molecule has 0 bridgehead atoms. The van der Waals surface area contributed by atoms with Gasteiger partial charge in [-0.1, -0.05) is 19.1 Å². The number of rotatable bonds is 4. The fraction of sp³-hybridized carbons (Fsp3) is 0.600. The molecule has 0 radical (unpaired) electrons. The third-order valence-electron chi connectivity index (χ3n) is 4.02. The summed E-state index contributed by atoms with van der Waals surface area (Å²) < 4.78 is 23.2. The highest BCUT2D eigenvalue weighted by atomic mass is 32.2. The van der Waals surface area contributed by atoms with E-state index in [2.05, 4.69) is 11.8 Å². The molecule has 0 unspecified atom stereocenters. The zero-order chi connectivity index (χ0) is 14.8. The van der Waals surface area contributed by atoms with Crippen LogP contribution in [0.2, 0.25) is 0 Å². The topological polar surface area (TPSA) is 57.6 Å². The molecule has 0 atom stereocenters. The molecule has 1 fully saturated rings. The second-order valence-corrected chi connectivity index (χ2v) is 7.69. The molecule has 1 aromatic rings. The number of likely N-dealkylation sites (tertiary alicyclic amines) is 1. The summed E-state index contributed by atoms with van der Waals surface area (Å²) in [5.41, 5.74) is -0.179. The van der Waals surface area contributed by atoms with E-state index in [0.717, 1.165) is 31.6 Å². The zero-order valence-corrected chi connectivity index (χ0v) is 13.0. The van der Waals surface area contributed by atoms with Gasteiger partial charge in [-0.15, -0.1) is 0 Å². The van der Waals surface area contributed by atoms with E-state index >= 15 is 0 Å². The molecule has 20 heavy (non-hydrogen) atoms. The smallest absolute Gasteiger partial charge is 0.175 e. The molecule has 0 aromatic heterocycles. The van der Waals surface area contributed by atoms with Gasteiger partial charge in [0.05, 0.1) is 10.5 Å². The van der Waals surface area contributed by atoms with Crippen LogP contribution in [0.4, 0.5) is 0 Å². The first-order valence-corrected chi connectivity index (χ1v) is 8.99. The van der Waals surface area contributed by atoms with Gasteiger partial charge in [-0.25, -0.2) is 8.42 Å². The van der Waals surface area contributed by atoms with Crippen LogP contribution in [0, 0.1) is 0 Å². The first-order valence-electron chi connectivity index (χ1n) is 7.10. The lowest BCUT2D eigenvalue weighted by Gasteiger charge is -2.38. The number of benzene rings is 1. The van der Waals surface area contributed by atoms with Crippen molar-refractivity contribution in [2.75, 3.05) is 25.9 Å². The number of hydrogen-bond acceptors (Lipinski definition) is 4. The van der Waals surface area contributed by atoms with E-state index in [-0.39, 0.29) is 4.90 Å². The Bertz CT molecular complexity index is 560. The maximum Gasteiger partial charge on any atom is 0.175 e. The van der Waals surface area contributed by atoms with Crippen LogP contribution in [0.3, 0.4) is 0 Å². The summed E-state index contributed by atoms with van der Waals surface area (Å²) in [6, 6.07) is 6.73. The second kappa shape index (κ2) is 5.84. The van der Waals surface area contributed by atoms with Gasteiger partial charge in [0, 0.05) is 19.3 Å². The van der Waals surface area contributed by atoms with E-state index in [4.69, 9.17) is 0 Å². The van der Waals surface area contributed by atoms with E-state index in [1.807, 2.05) is 6.07 Å². The number of piperidine rings is 1. The fourth-order valence-electron chi connectivity index (χ4n) is 2.77. The summed E-state index contributed by atoms with van der Waals surface area (Å²) in [5.74, 6) is 0. The molecule has 1 N–H and O–H groups in total. The predicted molar refractivity (Wildman–Crippen MR) is 79.4 cm³/mol. The van der Waals surface area contributed by atoms with E-state index in [0.29, 0.717) is 12.8 Å². The highest BCUT2D eigenvalue weighted by Crippen LogP contribution is 2.33. The largest absolute Gasteiger partial charge is 0.385 e. The number of aliphatic hydroxyl groups is 1. The lowest BCUT2D eigenvalue weighted by Crippen LogP contribution is -2.42. The Hall–Kier alpha value is -0.910. The summed E-state index contributed by atoms with van der Waals surface area (Å²) in [7, 11) is -3.23. The number of hydrogen-bond donors (Lipinski definition) is 1. The average Bonchev–Trinajstić information content (AvgIpc) is 2.41. The van der Waals surface area contributed by atoms with Crippen LogP contribution in [0.5, 0.6) is 0 Å². The Labute approximate surface area is 121 Å². The molecule has 112 valence electrons. The summed E-state index contributed by atoms with van der Waals surface area (Å²) in [6.45, 7) is 4.91. The van der Waals surface area contributed by atoms with Crippen molar-refractivity contribution >= 4 is 9.84 Å². The fourth-order valence-corrected chi connectivity index (χ4v) is 3.43. The molecule has 1 aliphatic rings. The highest BCUT2D eigenvalue weighted by molar-refractivity contribution is 7.90. The minimum atomic E-state index is -3.23. The van der Waals surface area contributed by atoms with Crippen LogP contribution in [0.15, 0.2) is 29.2 Å². The molecule has 5 heteroatoms. The normalized spacial score (nSPS) is 19.9. The Morgan fingerprint density at radius 2 is 1.95 bits per heavy atom. The van der Waals surface area contributed by atoms with Crippen molar-refractivity contribution < 1.29 is 13.5 Å². The molecule has 0 amide bonds. The Morgan fingerprint density at radius 3 is 2.50 bits per heavy atom. The molecular weight excluding hydrogens is 274 g/mol. The van der Waals surface area contributed by atoms with Crippen molar-refractivity contribution in [2.45, 2.75) is 36.7 Å². The van der Waals surface area contributed by atoms with Crippen molar-refractivity contribution in [3.63, 3.8) is 0 Å². The third kappa shape index (κ3) is 3.40. The van der Waals surface area contributed by atoms with Crippen LogP contribution >= 0.6 is 0 Å². The van der Waals surface area contributed by atoms with Gasteiger partial charge in [0.15, 0.2) is 9.84 Å². The van der Waals surface area contributed by atoms with E-state index in [1.54, 1.807) is 18.2 Å². The number of sulfone groups is 1. The van der Waals surface area contributed by atoms with Crippen molar-refractivity contribution in [1.29, 1.82) is 0 Å². The summed E-state index contributed by atoms with van der Waals surface area (Å²) in [4.78, 5) is 2.62. The van der Waals surface area contributed by atoms with E-state index < -0.39 is 15.4 Å². The maximum atomic E-state index is 11.6. The van der Waals surface area contributed by atoms with Gasteiger partial charge in [-0.05, 0) is 43.5 Å². The molecular formula is C15H23NO3S. The summed E-state index contributed by atoms with van der Waals surface area (Å²) in [6.07, 6.45) is 3.61. The lowest BCUT2D eigenvalue weighted by molar-refractivity contribution is -0.0259.